The van der Waals surface area contributed by atoms with Crippen LogP contribution in [0.3, 0.4) is 0 Å². The summed E-state index contributed by atoms with van der Waals surface area (Å²) in [5, 5.41) is 14.7. The van der Waals surface area contributed by atoms with Crippen molar-refractivity contribution in [1.82, 2.24) is 5.32 Å². The molecule has 0 saturated carbocycles. The fourth-order valence-electron chi connectivity index (χ4n) is 1.43. The number of carbonyl (C=O) groups excluding carboxylic acids is 1. The number of benzene rings is 1. The fraction of sp³-hybridized carbons (Fsp3) is 0.385. The van der Waals surface area contributed by atoms with Gasteiger partial charge in [-0.25, -0.2) is 0 Å². The summed E-state index contributed by atoms with van der Waals surface area (Å²) in [6, 6.07) is 7.54. The van der Waals surface area contributed by atoms with E-state index >= 15 is 0 Å². The van der Waals surface area contributed by atoms with Crippen molar-refractivity contribution in [2.75, 3.05) is 11.9 Å². The SMILES string of the molecule is CC(C)NC(=O)CCNc1ccc(C#N)cc1Br. The molecular weight excluding hydrogens is 294 g/mol. The summed E-state index contributed by atoms with van der Waals surface area (Å²) in [4.78, 5) is 11.4. The van der Waals surface area contributed by atoms with Gasteiger partial charge in [-0.2, -0.15) is 5.26 Å². The maximum atomic E-state index is 11.4. The van der Waals surface area contributed by atoms with Crippen molar-refractivity contribution in [3.05, 3.63) is 28.2 Å². The van der Waals surface area contributed by atoms with Crippen LogP contribution in [0.25, 0.3) is 0 Å². The van der Waals surface area contributed by atoms with Gasteiger partial charge in [0.2, 0.25) is 5.91 Å². The van der Waals surface area contributed by atoms with Gasteiger partial charge in [-0.3, -0.25) is 4.79 Å². The van der Waals surface area contributed by atoms with Crippen molar-refractivity contribution in [3.63, 3.8) is 0 Å². The lowest BCUT2D eigenvalue weighted by atomic mass is 10.2. The van der Waals surface area contributed by atoms with E-state index < -0.39 is 0 Å². The third kappa shape index (κ3) is 4.76. The van der Waals surface area contributed by atoms with Gasteiger partial charge in [0.05, 0.1) is 11.6 Å². The molecule has 4 nitrogen and oxygen atoms in total. The lowest BCUT2D eigenvalue weighted by molar-refractivity contribution is -0.121. The minimum Gasteiger partial charge on any atom is -0.384 e. The summed E-state index contributed by atoms with van der Waals surface area (Å²) in [7, 11) is 0. The van der Waals surface area contributed by atoms with Crippen molar-refractivity contribution in [1.29, 1.82) is 5.26 Å². The molecule has 0 radical (unpaired) electrons. The average Bonchev–Trinajstić information content (AvgIpc) is 2.30. The fourth-order valence-corrected chi connectivity index (χ4v) is 1.95. The maximum Gasteiger partial charge on any atom is 0.221 e. The number of amides is 1. The van der Waals surface area contributed by atoms with Crippen LogP contribution in [-0.2, 0) is 4.79 Å². The molecule has 0 aliphatic carbocycles. The number of halogens is 1. The van der Waals surface area contributed by atoms with Gasteiger partial charge in [0.15, 0.2) is 0 Å². The predicted molar refractivity (Wildman–Crippen MR) is 75.2 cm³/mol. The summed E-state index contributed by atoms with van der Waals surface area (Å²) in [6.07, 6.45) is 0.421. The third-order valence-electron chi connectivity index (χ3n) is 2.22. The van der Waals surface area contributed by atoms with E-state index in [2.05, 4.69) is 32.6 Å². The standard InChI is InChI=1S/C13H16BrN3O/c1-9(2)17-13(18)5-6-16-12-4-3-10(8-15)7-11(12)14/h3-4,7,9,16H,5-6H2,1-2H3,(H,17,18). The molecule has 0 bridgehead atoms. The van der Waals surface area contributed by atoms with Gasteiger partial charge in [0.25, 0.3) is 0 Å². The normalized spacial score (nSPS) is 9.94. The first-order valence-electron chi connectivity index (χ1n) is 5.76. The molecule has 96 valence electrons. The Kier molecular flexibility index (Phi) is 5.66. The highest BCUT2D eigenvalue weighted by Crippen LogP contribution is 2.23. The number of carbonyl (C=O) groups is 1. The van der Waals surface area contributed by atoms with E-state index in [-0.39, 0.29) is 11.9 Å². The van der Waals surface area contributed by atoms with Crippen molar-refractivity contribution in [2.24, 2.45) is 0 Å². The molecule has 18 heavy (non-hydrogen) atoms. The molecule has 5 heteroatoms. The topological polar surface area (TPSA) is 64.9 Å². The molecule has 0 atom stereocenters. The molecule has 0 saturated heterocycles. The van der Waals surface area contributed by atoms with Crippen LogP contribution >= 0.6 is 15.9 Å². The van der Waals surface area contributed by atoms with Crippen molar-refractivity contribution in [3.8, 4) is 6.07 Å². The Morgan fingerprint density at radius 3 is 2.78 bits per heavy atom. The van der Waals surface area contributed by atoms with Gasteiger partial charge in [-0.05, 0) is 48.0 Å². The van der Waals surface area contributed by atoms with Crippen LogP contribution in [0.5, 0.6) is 0 Å². The number of nitriles is 1. The smallest absolute Gasteiger partial charge is 0.221 e. The minimum atomic E-state index is 0.0299. The zero-order chi connectivity index (χ0) is 13.5. The minimum absolute atomic E-state index is 0.0299. The number of nitrogens with zero attached hydrogens (tertiary/aromatic N) is 1. The van der Waals surface area contributed by atoms with E-state index in [9.17, 15) is 4.79 Å². The van der Waals surface area contributed by atoms with Gasteiger partial charge < -0.3 is 10.6 Å². The Morgan fingerprint density at radius 2 is 2.22 bits per heavy atom. The van der Waals surface area contributed by atoms with E-state index in [1.54, 1.807) is 12.1 Å². The van der Waals surface area contributed by atoms with Crippen molar-refractivity contribution < 1.29 is 4.79 Å². The summed E-state index contributed by atoms with van der Waals surface area (Å²) < 4.78 is 0.825. The van der Waals surface area contributed by atoms with Crippen molar-refractivity contribution in [2.45, 2.75) is 26.3 Å². The molecule has 0 fully saturated rings. The number of anilines is 1. The van der Waals surface area contributed by atoms with Crippen LogP contribution in [0.2, 0.25) is 0 Å². The lowest BCUT2D eigenvalue weighted by Gasteiger charge is -2.10. The van der Waals surface area contributed by atoms with Crippen LogP contribution in [0.4, 0.5) is 5.69 Å². The molecule has 0 spiro atoms. The van der Waals surface area contributed by atoms with E-state index in [1.165, 1.54) is 0 Å². The summed E-state index contributed by atoms with van der Waals surface area (Å²) in [5.41, 5.74) is 1.48. The number of rotatable bonds is 5. The van der Waals surface area contributed by atoms with Gasteiger partial charge in [-0.1, -0.05) is 0 Å². The largest absolute Gasteiger partial charge is 0.384 e. The number of nitrogens with one attached hydrogen (secondary N) is 2. The van der Waals surface area contributed by atoms with Gasteiger partial charge in [0, 0.05) is 29.2 Å². The zero-order valence-electron chi connectivity index (χ0n) is 10.5. The Bertz CT molecular complexity index is 466. The Balaban J connectivity index is 2.45. The van der Waals surface area contributed by atoms with E-state index in [4.69, 9.17) is 5.26 Å². The molecule has 2 N–H and O–H groups in total. The molecule has 0 unspecified atom stereocenters. The molecule has 1 amide bonds. The van der Waals surface area contributed by atoms with Gasteiger partial charge >= 0.3 is 0 Å². The molecule has 0 aliphatic heterocycles. The van der Waals surface area contributed by atoms with Crippen LogP contribution < -0.4 is 10.6 Å². The number of hydrogen-bond donors (Lipinski definition) is 2. The second-order valence-electron chi connectivity index (χ2n) is 4.21. The highest BCUT2D eigenvalue weighted by molar-refractivity contribution is 9.10. The highest BCUT2D eigenvalue weighted by Gasteiger charge is 2.04. The van der Waals surface area contributed by atoms with Crippen LogP contribution in [0, 0.1) is 11.3 Å². The molecule has 1 aromatic carbocycles. The first kappa shape index (κ1) is 14.5. The second-order valence-corrected chi connectivity index (χ2v) is 5.06. The predicted octanol–water partition coefficient (Wildman–Crippen LogP) is 2.65. The van der Waals surface area contributed by atoms with Crippen molar-refractivity contribution >= 4 is 27.5 Å². The molecule has 0 aromatic heterocycles. The zero-order valence-corrected chi connectivity index (χ0v) is 12.0. The monoisotopic (exact) mass is 309 g/mol. The van der Waals surface area contributed by atoms with Gasteiger partial charge in [0.1, 0.15) is 0 Å². The Hall–Kier alpha value is -1.54. The summed E-state index contributed by atoms with van der Waals surface area (Å²) >= 11 is 3.38. The van der Waals surface area contributed by atoms with Crippen LogP contribution in [-0.4, -0.2) is 18.5 Å². The first-order valence-corrected chi connectivity index (χ1v) is 6.55. The highest BCUT2D eigenvalue weighted by atomic mass is 79.9. The summed E-state index contributed by atoms with van der Waals surface area (Å²) in [6.45, 7) is 4.42. The quantitative estimate of drug-likeness (QED) is 0.879. The average molecular weight is 310 g/mol. The van der Waals surface area contributed by atoms with Crippen LogP contribution in [0.1, 0.15) is 25.8 Å². The number of hydrogen-bond acceptors (Lipinski definition) is 3. The third-order valence-corrected chi connectivity index (χ3v) is 2.87. The van der Waals surface area contributed by atoms with E-state index in [0.29, 0.717) is 18.5 Å². The summed E-state index contributed by atoms with van der Waals surface area (Å²) in [5.74, 6) is 0.0299. The second kappa shape index (κ2) is 7.02. The van der Waals surface area contributed by atoms with Gasteiger partial charge in [-0.15, -0.1) is 0 Å². The lowest BCUT2D eigenvalue weighted by Crippen LogP contribution is -2.31. The Morgan fingerprint density at radius 1 is 1.50 bits per heavy atom. The molecule has 1 aromatic rings. The molecule has 1 rings (SSSR count). The molecule has 0 heterocycles. The maximum absolute atomic E-state index is 11.4. The van der Waals surface area contributed by atoms with E-state index in [0.717, 1.165) is 10.2 Å². The molecular formula is C13H16BrN3O. The first-order chi connectivity index (χ1) is 8.52. The van der Waals surface area contributed by atoms with E-state index in [1.807, 2.05) is 19.9 Å². The van der Waals surface area contributed by atoms with Crippen LogP contribution in [0.15, 0.2) is 22.7 Å². The Labute approximate surface area is 116 Å². The molecule has 0 aliphatic rings.